The molecule has 2 N–H and O–H groups in total. The Bertz CT molecular complexity index is 1040. The fourth-order valence-electron chi connectivity index (χ4n) is 2.68. The van der Waals surface area contributed by atoms with Gasteiger partial charge in [0.05, 0.1) is 17.7 Å². The summed E-state index contributed by atoms with van der Waals surface area (Å²) in [7, 11) is 1.53. The molecule has 0 amide bonds. The molecule has 3 rings (SSSR count). The van der Waals surface area contributed by atoms with Crippen LogP contribution in [0.2, 0.25) is 5.02 Å². The third-order valence-corrected chi connectivity index (χ3v) is 4.29. The standard InChI is InChI=1S/C19H18ClN5O3/c1-11-4-7-16(28-3)15(8-11)24-19-17(25(26)27)18(21-10-22-19)23-14-6-5-13(20)9-12(14)2/h4-10H,1-3H3,(H2,21,22,23,24). The molecule has 144 valence electrons. The van der Waals surface area contributed by atoms with Crippen molar-refractivity contribution in [2.75, 3.05) is 17.7 Å². The number of rotatable bonds is 6. The van der Waals surface area contributed by atoms with E-state index < -0.39 is 4.92 Å². The van der Waals surface area contributed by atoms with E-state index in [1.807, 2.05) is 26.0 Å². The molecule has 28 heavy (non-hydrogen) atoms. The number of halogens is 1. The number of nitrogens with zero attached hydrogens (tertiary/aromatic N) is 3. The number of methoxy groups -OCH3 is 1. The van der Waals surface area contributed by atoms with Gasteiger partial charge in [-0.3, -0.25) is 10.1 Å². The van der Waals surface area contributed by atoms with Gasteiger partial charge in [0.15, 0.2) is 0 Å². The molecule has 0 radical (unpaired) electrons. The van der Waals surface area contributed by atoms with Crippen molar-refractivity contribution < 1.29 is 9.66 Å². The molecule has 0 fully saturated rings. The molecular weight excluding hydrogens is 382 g/mol. The first-order chi connectivity index (χ1) is 13.4. The van der Waals surface area contributed by atoms with E-state index in [9.17, 15) is 10.1 Å². The zero-order chi connectivity index (χ0) is 20.3. The first kappa shape index (κ1) is 19.4. The van der Waals surface area contributed by atoms with Crippen molar-refractivity contribution in [2.24, 2.45) is 0 Å². The van der Waals surface area contributed by atoms with Crippen LogP contribution in [0.1, 0.15) is 11.1 Å². The zero-order valence-corrected chi connectivity index (χ0v) is 16.2. The van der Waals surface area contributed by atoms with Crippen molar-refractivity contribution in [1.82, 2.24) is 9.97 Å². The van der Waals surface area contributed by atoms with E-state index in [1.54, 1.807) is 24.3 Å². The second-order valence-corrected chi connectivity index (χ2v) is 6.53. The van der Waals surface area contributed by atoms with Gasteiger partial charge in [-0.1, -0.05) is 17.7 Å². The highest BCUT2D eigenvalue weighted by Gasteiger charge is 2.24. The Labute approximate surface area is 166 Å². The second kappa shape index (κ2) is 8.10. The molecule has 0 saturated carbocycles. The summed E-state index contributed by atoms with van der Waals surface area (Å²) in [6.07, 6.45) is 1.26. The van der Waals surface area contributed by atoms with Crippen molar-refractivity contribution in [3.63, 3.8) is 0 Å². The fraction of sp³-hybridized carbons (Fsp3) is 0.158. The Kier molecular flexibility index (Phi) is 5.60. The van der Waals surface area contributed by atoms with E-state index in [1.165, 1.54) is 13.4 Å². The summed E-state index contributed by atoms with van der Waals surface area (Å²) < 4.78 is 5.32. The molecule has 2 aromatic carbocycles. The number of ether oxygens (including phenoxy) is 1. The molecule has 0 atom stereocenters. The summed E-state index contributed by atoms with van der Waals surface area (Å²) >= 11 is 5.97. The monoisotopic (exact) mass is 399 g/mol. The number of benzene rings is 2. The highest BCUT2D eigenvalue weighted by molar-refractivity contribution is 6.30. The summed E-state index contributed by atoms with van der Waals surface area (Å²) in [5.41, 5.74) is 2.74. The van der Waals surface area contributed by atoms with Crippen LogP contribution in [0.3, 0.4) is 0 Å². The molecule has 8 nitrogen and oxygen atoms in total. The van der Waals surface area contributed by atoms with Crippen LogP contribution in [0.25, 0.3) is 0 Å². The van der Waals surface area contributed by atoms with Gasteiger partial charge >= 0.3 is 5.69 Å². The summed E-state index contributed by atoms with van der Waals surface area (Å²) in [6, 6.07) is 10.7. The van der Waals surface area contributed by atoms with Crippen molar-refractivity contribution >= 4 is 40.3 Å². The minimum atomic E-state index is -0.530. The van der Waals surface area contributed by atoms with Gasteiger partial charge in [-0.25, -0.2) is 9.97 Å². The van der Waals surface area contributed by atoms with Crippen LogP contribution in [0, 0.1) is 24.0 Å². The minimum Gasteiger partial charge on any atom is -0.495 e. The summed E-state index contributed by atoms with van der Waals surface area (Å²) in [6.45, 7) is 3.76. The predicted octanol–water partition coefficient (Wildman–Crippen LogP) is 5.15. The molecule has 0 aliphatic heterocycles. The first-order valence-corrected chi connectivity index (χ1v) is 8.71. The van der Waals surface area contributed by atoms with Gasteiger partial charge in [-0.2, -0.15) is 0 Å². The van der Waals surface area contributed by atoms with Crippen LogP contribution < -0.4 is 15.4 Å². The van der Waals surface area contributed by atoms with Crippen molar-refractivity contribution in [3.8, 4) is 5.75 Å². The molecule has 0 unspecified atom stereocenters. The Morgan fingerprint density at radius 1 is 1.04 bits per heavy atom. The van der Waals surface area contributed by atoms with Gasteiger partial charge in [0.25, 0.3) is 0 Å². The lowest BCUT2D eigenvalue weighted by Crippen LogP contribution is -2.06. The topological polar surface area (TPSA) is 102 Å². The lowest BCUT2D eigenvalue weighted by molar-refractivity contribution is -0.383. The predicted molar refractivity (Wildman–Crippen MR) is 109 cm³/mol. The average molecular weight is 400 g/mol. The molecule has 1 aromatic heterocycles. The van der Waals surface area contributed by atoms with E-state index >= 15 is 0 Å². The summed E-state index contributed by atoms with van der Waals surface area (Å²) in [5, 5.41) is 18.3. The van der Waals surface area contributed by atoms with Crippen LogP contribution in [0.5, 0.6) is 5.75 Å². The van der Waals surface area contributed by atoms with Gasteiger partial charge in [0, 0.05) is 10.7 Å². The number of aryl methyl sites for hydroxylation is 2. The third kappa shape index (κ3) is 4.12. The molecule has 1 heterocycles. The lowest BCUT2D eigenvalue weighted by atomic mass is 10.2. The average Bonchev–Trinajstić information content (AvgIpc) is 2.64. The Morgan fingerprint density at radius 2 is 1.71 bits per heavy atom. The number of aromatic nitrogens is 2. The maximum absolute atomic E-state index is 11.8. The largest absolute Gasteiger partial charge is 0.495 e. The van der Waals surface area contributed by atoms with Crippen LogP contribution in [-0.2, 0) is 0 Å². The fourth-order valence-corrected chi connectivity index (χ4v) is 2.90. The van der Waals surface area contributed by atoms with Crippen molar-refractivity contribution in [1.29, 1.82) is 0 Å². The Balaban J connectivity index is 2.03. The SMILES string of the molecule is COc1ccc(C)cc1Nc1ncnc(Nc2ccc(Cl)cc2C)c1[N+](=O)[O-]. The van der Waals surface area contributed by atoms with Crippen molar-refractivity contribution in [2.45, 2.75) is 13.8 Å². The second-order valence-electron chi connectivity index (χ2n) is 6.09. The van der Waals surface area contributed by atoms with E-state index in [-0.39, 0.29) is 17.3 Å². The maximum Gasteiger partial charge on any atom is 0.353 e. The third-order valence-electron chi connectivity index (χ3n) is 4.05. The highest BCUT2D eigenvalue weighted by Crippen LogP contribution is 2.36. The molecule has 0 saturated heterocycles. The molecular formula is C19H18ClN5O3. The van der Waals surface area contributed by atoms with Gasteiger partial charge in [0.2, 0.25) is 11.6 Å². The van der Waals surface area contributed by atoms with Crippen LogP contribution in [0.15, 0.2) is 42.7 Å². The maximum atomic E-state index is 11.8. The molecule has 0 aliphatic rings. The smallest absolute Gasteiger partial charge is 0.353 e. The van der Waals surface area contributed by atoms with Crippen LogP contribution >= 0.6 is 11.6 Å². The molecule has 0 spiro atoms. The molecule has 0 aliphatic carbocycles. The quantitative estimate of drug-likeness (QED) is 0.436. The number of hydrogen-bond acceptors (Lipinski definition) is 7. The van der Waals surface area contributed by atoms with Crippen LogP contribution in [0.4, 0.5) is 28.7 Å². The molecule has 9 heteroatoms. The normalized spacial score (nSPS) is 10.4. The van der Waals surface area contributed by atoms with Gasteiger partial charge < -0.3 is 15.4 Å². The van der Waals surface area contributed by atoms with Crippen LogP contribution in [-0.4, -0.2) is 22.0 Å². The van der Waals surface area contributed by atoms with Crippen molar-refractivity contribution in [3.05, 3.63) is 69.0 Å². The van der Waals surface area contributed by atoms with E-state index in [4.69, 9.17) is 16.3 Å². The summed E-state index contributed by atoms with van der Waals surface area (Å²) in [4.78, 5) is 19.4. The highest BCUT2D eigenvalue weighted by atomic mass is 35.5. The van der Waals surface area contributed by atoms with Gasteiger partial charge in [-0.15, -0.1) is 0 Å². The van der Waals surface area contributed by atoms with E-state index in [0.29, 0.717) is 22.1 Å². The van der Waals surface area contributed by atoms with E-state index in [2.05, 4.69) is 20.6 Å². The Hall–Kier alpha value is -3.39. The lowest BCUT2D eigenvalue weighted by Gasteiger charge is -2.13. The number of hydrogen-bond donors (Lipinski definition) is 2. The minimum absolute atomic E-state index is 0.0537. The summed E-state index contributed by atoms with van der Waals surface area (Å²) in [5.74, 6) is 0.666. The van der Waals surface area contributed by atoms with Gasteiger partial charge in [-0.05, 0) is 55.3 Å². The number of anilines is 4. The van der Waals surface area contributed by atoms with Gasteiger partial charge in [0.1, 0.15) is 12.1 Å². The zero-order valence-electron chi connectivity index (χ0n) is 15.5. The molecule has 3 aromatic rings. The Morgan fingerprint density at radius 3 is 2.32 bits per heavy atom. The number of nitrogens with one attached hydrogen (secondary N) is 2. The molecule has 0 bridgehead atoms. The van der Waals surface area contributed by atoms with E-state index in [0.717, 1.165) is 11.1 Å². The first-order valence-electron chi connectivity index (χ1n) is 8.33. The number of nitro groups is 1.